The van der Waals surface area contributed by atoms with Gasteiger partial charge in [-0.2, -0.15) is 0 Å². The Morgan fingerprint density at radius 2 is 2.09 bits per heavy atom. The fraction of sp³-hybridized carbons (Fsp3) is 0.0667. The number of aromatic nitrogens is 1. The smallest absolute Gasteiger partial charge is 0.273 e. The van der Waals surface area contributed by atoms with Gasteiger partial charge in [-0.25, -0.2) is 4.98 Å². The lowest BCUT2D eigenvalue weighted by atomic mass is 10.1. The number of amides is 1. The van der Waals surface area contributed by atoms with Crippen molar-refractivity contribution in [1.29, 1.82) is 0 Å². The number of thiazole rings is 1. The van der Waals surface area contributed by atoms with E-state index in [1.807, 2.05) is 0 Å². The Kier molecular flexibility index (Phi) is 4.22. The van der Waals surface area contributed by atoms with E-state index in [1.165, 1.54) is 17.4 Å². The standard InChI is InChI=1S/C15H10ClN3O3S/c16-10-5-6-11-13(8-10)23-15(17-11)18-14(20)7-9-3-1-2-4-12(9)19(21)22/h1-6,8H,7H2,(H,17,18,20). The number of para-hydroxylation sites is 1. The molecule has 3 aromatic rings. The van der Waals surface area contributed by atoms with Gasteiger partial charge in [0.15, 0.2) is 5.13 Å². The van der Waals surface area contributed by atoms with E-state index in [0.717, 1.165) is 10.2 Å². The molecule has 23 heavy (non-hydrogen) atoms. The fourth-order valence-electron chi connectivity index (χ4n) is 2.13. The highest BCUT2D eigenvalue weighted by molar-refractivity contribution is 7.22. The highest BCUT2D eigenvalue weighted by Gasteiger charge is 2.16. The zero-order valence-corrected chi connectivity index (χ0v) is 13.2. The lowest BCUT2D eigenvalue weighted by molar-refractivity contribution is -0.385. The van der Waals surface area contributed by atoms with Crippen molar-refractivity contribution in [2.24, 2.45) is 0 Å². The van der Waals surface area contributed by atoms with Crippen LogP contribution >= 0.6 is 22.9 Å². The van der Waals surface area contributed by atoms with Gasteiger partial charge in [-0.15, -0.1) is 0 Å². The number of halogens is 1. The summed E-state index contributed by atoms with van der Waals surface area (Å²) >= 11 is 7.22. The molecule has 116 valence electrons. The molecule has 0 saturated heterocycles. The summed E-state index contributed by atoms with van der Waals surface area (Å²) in [5.41, 5.74) is 1.03. The van der Waals surface area contributed by atoms with E-state index in [2.05, 4.69) is 10.3 Å². The molecule has 3 rings (SSSR count). The molecule has 1 amide bonds. The van der Waals surface area contributed by atoms with Crippen molar-refractivity contribution in [2.75, 3.05) is 5.32 Å². The predicted octanol–water partition coefficient (Wildman–Crippen LogP) is 4.04. The summed E-state index contributed by atoms with van der Waals surface area (Å²) in [6.45, 7) is 0. The number of rotatable bonds is 4. The van der Waals surface area contributed by atoms with Gasteiger partial charge in [0.1, 0.15) is 0 Å². The first kappa shape index (κ1) is 15.4. The third kappa shape index (κ3) is 3.46. The molecular formula is C15H10ClN3O3S. The molecule has 1 N–H and O–H groups in total. The van der Waals surface area contributed by atoms with Crippen LogP contribution in [-0.2, 0) is 11.2 Å². The topological polar surface area (TPSA) is 85.1 Å². The first-order valence-electron chi connectivity index (χ1n) is 6.61. The molecule has 0 atom stereocenters. The van der Waals surface area contributed by atoms with Crippen molar-refractivity contribution < 1.29 is 9.72 Å². The van der Waals surface area contributed by atoms with E-state index in [-0.39, 0.29) is 18.0 Å². The molecule has 0 bridgehead atoms. The largest absolute Gasteiger partial charge is 0.302 e. The first-order valence-corrected chi connectivity index (χ1v) is 7.80. The number of nitro benzene ring substituents is 1. The molecule has 8 heteroatoms. The van der Waals surface area contributed by atoms with Gasteiger partial charge in [-0.1, -0.05) is 41.1 Å². The van der Waals surface area contributed by atoms with Gasteiger partial charge in [0.05, 0.1) is 21.6 Å². The summed E-state index contributed by atoms with van der Waals surface area (Å²) in [4.78, 5) is 26.9. The van der Waals surface area contributed by atoms with Crippen molar-refractivity contribution in [2.45, 2.75) is 6.42 Å². The Hall–Kier alpha value is -2.51. The molecule has 0 radical (unpaired) electrons. The lowest BCUT2D eigenvalue weighted by Gasteiger charge is -2.02. The summed E-state index contributed by atoms with van der Waals surface area (Å²) < 4.78 is 0.860. The summed E-state index contributed by atoms with van der Waals surface area (Å²) in [5, 5.41) is 14.7. The van der Waals surface area contributed by atoms with Crippen molar-refractivity contribution in [1.82, 2.24) is 4.98 Å². The van der Waals surface area contributed by atoms with Gasteiger partial charge in [0.25, 0.3) is 5.69 Å². The average molecular weight is 348 g/mol. The minimum Gasteiger partial charge on any atom is -0.302 e. The maximum Gasteiger partial charge on any atom is 0.273 e. The lowest BCUT2D eigenvalue weighted by Crippen LogP contribution is -2.15. The molecule has 1 heterocycles. The molecule has 2 aromatic carbocycles. The van der Waals surface area contributed by atoms with Crippen LogP contribution < -0.4 is 5.32 Å². The van der Waals surface area contributed by atoms with Crippen molar-refractivity contribution in [3.8, 4) is 0 Å². The van der Waals surface area contributed by atoms with Crippen LogP contribution in [0.2, 0.25) is 5.02 Å². The maximum atomic E-state index is 12.1. The number of fused-ring (bicyclic) bond motifs is 1. The van der Waals surface area contributed by atoms with Gasteiger partial charge >= 0.3 is 0 Å². The Labute approximate surface area is 139 Å². The molecule has 6 nitrogen and oxygen atoms in total. The van der Waals surface area contributed by atoms with E-state index in [4.69, 9.17) is 11.6 Å². The Morgan fingerprint density at radius 3 is 2.87 bits per heavy atom. The number of nitrogens with one attached hydrogen (secondary N) is 1. The van der Waals surface area contributed by atoms with E-state index >= 15 is 0 Å². The first-order chi connectivity index (χ1) is 11.0. The fourth-order valence-corrected chi connectivity index (χ4v) is 3.28. The predicted molar refractivity (Wildman–Crippen MR) is 90.1 cm³/mol. The van der Waals surface area contributed by atoms with Gasteiger partial charge in [-0.3, -0.25) is 14.9 Å². The van der Waals surface area contributed by atoms with Gasteiger partial charge < -0.3 is 5.32 Å². The van der Waals surface area contributed by atoms with E-state index < -0.39 is 4.92 Å². The molecule has 0 spiro atoms. The Balaban J connectivity index is 1.77. The number of hydrogen-bond acceptors (Lipinski definition) is 5. The van der Waals surface area contributed by atoms with E-state index in [0.29, 0.717) is 15.7 Å². The minimum atomic E-state index is -0.498. The Bertz CT molecular complexity index is 910. The maximum absolute atomic E-state index is 12.1. The van der Waals surface area contributed by atoms with Crippen LogP contribution in [-0.4, -0.2) is 15.8 Å². The zero-order valence-electron chi connectivity index (χ0n) is 11.7. The highest BCUT2D eigenvalue weighted by Crippen LogP contribution is 2.28. The molecule has 0 aliphatic heterocycles. The van der Waals surface area contributed by atoms with E-state index in [9.17, 15) is 14.9 Å². The molecule has 0 aliphatic carbocycles. The van der Waals surface area contributed by atoms with Crippen molar-refractivity contribution >= 4 is 49.9 Å². The average Bonchev–Trinajstić information content (AvgIpc) is 2.88. The molecule has 0 saturated carbocycles. The number of hydrogen-bond donors (Lipinski definition) is 1. The van der Waals surface area contributed by atoms with Crippen LogP contribution in [0.15, 0.2) is 42.5 Å². The second-order valence-corrected chi connectivity index (χ2v) is 6.21. The summed E-state index contributed by atoms with van der Waals surface area (Å²) in [6.07, 6.45) is -0.0894. The van der Waals surface area contributed by atoms with Crippen LogP contribution in [0.25, 0.3) is 10.2 Å². The quantitative estimate of drug-likeness (QED) is 0.570. The van der Waals surface area contributed by atoms with E-state index in [1.54, 1.807) is 36.4 Å². The van der Waals surface area contributed by atoms with Crippen molar-refractivity contribution in [3.05, 3.63) is 63.2 Å². The third-order valence-corrected chi connectivity index (χ3v) is 4.30. The van der Waals surface area contributed by atoms with Crippen LogP contribution in [0.4, 0.5) is 10.8 Å². The number of nitro groups is 1. The second kappa shape index (κ2) is 6.31. The zero-order chi connectivity index (χ0) is 16.4. The van der Waals surface area contributed by atoms with Crippen LogP contribution in [0.3, 0.4) is 0 Å². The summed E-state index contributed by atoms with van der Waals surface area (Å²) in [5.74, 6) is -0.357. The van der Waals surface area contributed by atoms with Crippen LogP contribution in [0.5, 0.6) is 0 Å². The molecule has 0 aliphatic rings. The number of benzene rings is 2. The van der Waals surface area contributed by atoms with Gasteiger partial charge in [0.2, 0.25) is 5.91 Å². The summed E-state index contributed by atoms with van der Waals surface area (Å²) in [6, 6.07) is 11.4. The number of anilines is 1. The molecule has 0 fully saturated rings. The molecule has 1 aromatic heterocycles. The van der Waals surface area contributed by atoms with Crippen molar-refractivity contribution in [3.63, 3.8) is 0 Å². The number of carbonyl (C=O) groups excluding carboxylic acids is 1. The van der Waals surface area contributed by atoms with Crippen LogP contribution in [0, 0.1) is 10.1 Å². The minimum absolute atomic E-state index is 0.0706. The second-order valence-electron chi connectivity index (χ2n) is 4.74. The number of nitrogens with zero attached hydrogens (tertiary/aromatic N) is 2. The van der Waals surface area contributed by atoms with Gasteiger partial charge in [0, 0.05) is 16.7 Å². The normalized spacial score (nSPS) is 10.7. The Morgan fingerprint density at radius 1 is 1.30 bits per heavy atom. The highest BCUT2D eigenvalue weighted by atomic mass is 35.5. The van der Waals surface area contributed by atoms with Gasteiger partial charge in [-0.05, 0) is 18.2 Å². The third-order valence-electron chi connectivity index (χ3n) is 3.14. The molecular weight excluding hydrogens is 338 g/mol. The monoisotopic (exact) mass is 347 g/mol. The molecule has 0 unspecified atom stereocenters. The SMILES string of the molecule is O=C(Cc1ccccc1[N+](=O)[O-])Nc1nc2ccc(Cl)cc2s1. The number of carbonyl (C=O) groups is 1. The van der Waals surface area contributed by atoms with Crippen LogP contribution in [0.1, 0.15) is 5.56 Å². The summed E-state index contributed by atoms with van der Waals surface area (Å²) in [7, 11) is 0.